The Morgan fingerprint density at radius 2 is 1.64 bits per heavy atom. The third kappa shape index (κ3) is 4.33. The molecule has 25 heavy (non-hydrogen) atoms. The fraction of sp³-hybridized carbons (Fsp3) is 0.286. The van der Waals surface area contributed by atoms with Crippen molar-refractivity contribution >= 4 is 27.5 Å². The first-order valence-corrected chi connectivity index (χ1v) is 7.55. The van der Waals surface area contributed by atoms with Gasteiger partial charge in [0.05, 0.1) is 21.8 Å². The number of carbonyl (C=O) groups is 1. The Morgan fingerprint density at radius 3 is 2.08 bits per heavy atom. The molecular weight excluding hydrogens is 420 g/mol. The zero-order valence-electron chi connectivity index (χ0n) is 12.5. The minimum absolute atomic E-state index is 0.0120. The van der Waals surface area contributed by atoms with Crippen LogP contribution < -0.4 is 5.32 Å². The van der Waals surface area contributed by atoms with E-state index in [9.17, 15) is 31.1 Å². The van der Waals surface area contributed by atoms with Gasteiger partial charge in [0.15, 0.2) is 0 Å². The average molecular weight is 430 g/mol. The van der Waals surface area contributed by atoms with Gasteiger partial charge in [0.1, 0.15) is 5.69 Å². The van der Waals surface area contributed by atoms with Crippen LogP contribution in [0, 0.1) is 0 Å². The van der Waals surface area contributed by atoms with Crippen molar-refractivity contribution in [2.24, 2.45) is 0 Å². The molecule has 1 aromatic heterocycles. The highest BCUT2D eigenvalue weighted by molar-refractivity contribution is 9.10. The summed E-state index contributed by atoms with van der Waals surface area (Å²) >= 11 is 3.06. The summed E-state index contributed by atoms with van der Waals surface area (Å²) in [6, 6.07) is 0.864. The Bertz CT molecular complexity index is 765. The van der Waals surface area contributed by atoms with Crippen LogP contribution in [0.1, 0.15) is 28.5 Å². The number of rotatable bonds is 3. The van der Waals surface area contributed by atoms with Crippen molar-refractivity contribution in [2.75, 3.05) is 5.32 Å². The number of anilines is 1. The van der Waals surface area contributed by atoms with Gasteiger partial charge in [-0.1, -0.05) is 0 Å². The summed E-state index contributed by atoms with van der Waals surface area (Å²) in [5, 5.41) is 5.91. The Morgan fingerprint density at radius 1 is 1.12 bits per heavy atom. The minimum Gasteiger partial charge on any atom is -0.321 e. The molecule has 0 aliphatic carbocycles. The second-order valence-corrected chi connectivity index (χ2v) is 5.76. The van der Waals surface area contributed by atoms with E-state index in [0.29, 0.717) is 12.1 Å². The van der Waals surface area contributed by atoms with Gasteiger partial charge in [0, 0.05) is 12.2 Å². The molecule has 0 bridgehead atoms. The first-order chi connectivity index (χ1) is 11.4. The first kappa shape index (κ1) is 19.3. The number of carbonyl (C=O) groups excluding carboxylic acids is 1. The van der Waals surface area contributed by atoms with Crippen molar-refractivity contribution in [3.05, 3.63) is 45.7 Å². The van der Waals surface area contributed by atoms with Gasteiger partial charge in [-0.25, -0.2) is 0 Å². The quantitative estimate of drug-likeness (QED) is 0.701. The molecule has 1 aromatic carbocycles. The number of aryl methyl sites for hydroxylation is 1. The fourth-order valence-corrected chi connectivity index (χ4v) is 2.52. The summed E-state index contributed by atoms with van der Waals surface area (Å²) in [6.07, 6.45) is -8.69. The summed E-state index contributed by atoms with van der Waals surface area (Å²) in [6.45, 7) is 1.95. The van der Waals surface area contributed by atoms with E-state index < -0.39 is 35.1 Å². The van der Waals surface area contributed by atoms with Gasteiger partial charge < -0.3 is 5.32 Å². The number of aromatic nitrogens is 2. The molecule has 0 saturated heterocycles. The largest absolute Gasteiger partial charge is 0.416 e. The van der Waals surface area contributed by atoms with E-state index in [-0.39, 0.29) is 22.8 Å². The van der Waals surface area contributed by atoms with Crippen LogP contribution in [0.3, 0.4) is 0 Å². The minimum atomic E-state index is -4.99. The predicted octanol–water partition coefficient (Wildman–Crippen LogP) is 4.96. The normalized spacial score (nSPS) is 12.3. The SMILES string of the molecule is CCn1ncc(Br)c1C(=O)Nc1cc(C(F)(F)F)cc(C(F)(F)F)c1. The van der Waals surface area contributed by atoms with Gasteiger partial charge in [0.2, 0.25) is 0 Å². The van der Waals surface area contributed by atoms with E-state index in [1.54, 1.807) is 6.92 Å². The van der Waals surface area contributed by atoms with Crippen molar-refractivity contribution < 1.29 is 31.1 Å². The van der Waals surface area contributed by atoms with Crippen LogP contribution >= 0.6 is 15.9 Å². The summed E-state index contributed by atoms with van der Waals surface area (Å²) in [4.78, 5) is 12.2. The molecule has 4 nitrogen and oxygen atoms in total. The molecule has 0 fully saturated rings. The molecule has 0 atom stereocenters. The van der Waals surface area contributed by atoms with Crippen molar-refractivity contribution in [3.63, 3.8) is 0 Å². The van der Waals surface area contributed by atoms with E-state index in [1.165, 1.54) is 10.9 Å². The molecule has 0 radical (unpaired) electrons. The third-order valence-electron chi connectivity index (χ3n) is 3.15. The lowest BCUT2D eigenvalue weighted by Crippen LogP contribution is -2.19. The van der Waals surface area contributed by atoms with Crippen molar-refractivity contribution in [1.82, 2.24) is 9.78 Å². The van der Waals surface area contributed by atoms with Crippen LogP contribution in [-0.2, 0) is 18.9 Å². The lowest BCUT2D eigenvalue weighted by molar-refractivity contribution is -0.143. The molecule has 11 heteroatoms. The van der Waals surface area contributed by atoms with Crippen molar-refractivity contribution in [2.45, 2.75) is 25.8 Å². The number of benzene rings is 1. The summed E-state index contributed by atoms with van der Waals surface area (Å²) < 4.78 is 78.5. The molecule has 0 spiro atoms. The molecule has 136 valence electrons. The average Bonchev–Trinajstić information content (AvgIpc) is 2.86. The summed E-state index contributed by atoms with van der Waals surface area (Å²) in [5.74, 6) is -0.890. The predicted molar refractivity (Wildman–Crippen MR) is 80.0 cm³/mol. The van der Waals surface area contributed by atoms with Crippen molar-refractivity contribution in [1.29, 1.82) is 0 Å². The Balaban J connectivity index is 2.45. The highest BCUT2D eigenvalue weighted by Gasteiger charge is 2.37. The Hall–Kier alpha value is -2.04. The van der Waals surface area contributed by atoms with E-state index in [4.69, 9.17) is 0 Å². The number of halogens is 7. The summed E-state index contributed by atoms with van der Waals surface area (Å²) in [7, 11) is 0. The van der Waals surface area contributed by atoms with Crippen LogP contribution in [0.5, 0.6) is 0 Å². The van der Waals surface area contributed by atoms with E-state index in [0.717, 1.165) is 0 Å². The second-order valence-electron chi connectivity index (χ2n) is 4.91. The zero-order chi connectivity index (χ0) is 19.0. The number of nitrogens with zero attached hydrogens (tertiary/aromatic N) is 2. The molecule has 2 aromatic rings. The number of alkyl halides is 6. The van der Waals surface area contributed by atoms with Gasteiger partial charge in [0.25, 0.3) is 5.91 Å². The first-order valence-electron chi connectivity index (χ1n) is 6.75. The number of hydrogen-bond acceptors (Lipinski definition) is 2. The monoisotopic (exact) mass is 429 g/mol. The lowest BCUT2D eigenvalue weighted by atomic mass is 10.1. The fourth-order valence-electron chi connectivity index (χ4n) is 2.05. The molecule has 1 amide bonds. The molecule has 1 N–H and O–H groups in total. The number of amides is 1. The molecule has 0 unspecified atom stereocenters. The maximum atomic E-state index is 12.8. The third-order valence-corrected chi connectivity index (χ3v) is 3.74. The number of nitrogens with one attached hydrogen (secondary N) is 1. The highest BCUT2D eigenvalue weighted by Crippen LogP contribution is 2.37. The van der Waals surface area contributed by atoms with Crippen molar-refractivity contribution in [3.8, 4) is 0 Å². The van der Waals surface area contributed by atoms with Crippen LogP contribution in [0.15, 0.2) is 28.9 Å². The van der Waals surface area contributed by atoms with Crippen LogP contribution in [-0.4, -0.2) is 15.7 Å². The van der Waals surface area contributed by atoms with E-state index in [2.05, 4.69) is 26.3 Å². The molecule has 0 saturated carbocycles. The Kier molecular flexibility index (Phi) is 5.17. The van der Waals surface area contributed by atoms with Gasteiger partial charge in [-0.3, -0.25) is 9.48 Å². The Labute approximate surface area is 145 Å². The van der Waals surface area contributed by atoms with Crippen LogP contribution in [0.25, 0.3) is 0 Å². The highest BCUT2D eigenvalue weighted by atomic mass is 79.9. The zero-order valence-corrected chi connectivity index (χ0v) is 14.1. The van der Waals surface area contributed by atoms with Gasteiger partial charge >= 0.3 is 12.4 Å². The summed E-state index contributed by atoms with van der Waals surface area (Å²) in [5.41, 5.74) is -3.67. The van der Waals surface area contributed by atoms with Crippen LogP contribution in [0.2, 0.25) is 0 Å². The van der Waals surface area contributed by atoms with Gasteiger partial charge in [-0.2, -0.15) is 31.4 Å². The topological polar surface area (TPSA) is 46.9 Å². The molecule has 2 rings (SSSR count). The lowest BCUT2D eigenvalue weighted by Gasteiger charge is -2.15. The van der Waals surface area contributed by atoms with Gasteiger partial charge in [-0.05, 0) is 41.1 Å². The molecular formula is C14H10BrF6N3O. The number of hydrogen-bond donors (Lipinski definition) is 1. The smallest absolute Gasteiger partial charge is 0.321 e. The van der Waals surface area contributed by atoms with Gasteiger partial charge in [-0.15, -0.1) is 0 Å². The molecule has 1 heterocycles. The van der Waals surface area contributed by atoms with Crippen LogP contribution in [0.4, 0.5) is 32.0 Å². The molecule has 0 aliphatic heterocycles. The second kappa shape index (κ2) is 6.70. The van der Waals surface area contributed by atoms with E-state index in [1.807, 2.05) is 0 Å². The standard InChI is InChI=1S/C14H10BrF6N3O/c1-2-24-11(10(15)6-22-24)12(25)23-9-4-7(13(16,17)18)3-8(5-9)14(19,20)21/h3-6H,2H2,1H3,(H,23,25). The maximum absolute atomic E-state index is 12.8. The molecule has 0 aliphatic rings. The van der Waals surface area contributed by atoms with E-state index >= 15 is 0 Å². The maximum Gasteiger partial charge on any atom is 0.416 e.